The first-order chi connectivity index (χ1) is 9.58. The standard InChI is InChI=1S/C15H17N5.ClH/c1-9(2)20-15-12(14(16)17-8-18-15)13(19-20)11-6-4-5-10(3)7-11;/h4-9H,1-3H3,(H2,16,17,18);1H. The topological polar surface area (TPSA) is 69.6 Å². The Bertz CT molecular complexity index is 779. The van der Waals surface area contributed by atoms with Gasteiger partial charge in [-0.1, -0.05) is 23.8 Å². The Kier molecular flexibility index (Phi) is 4.14. The molecule has 0 amide bonds. The van der Waals surface area contributed by atoms with E-state index < -0.39 is 0 Å². The van der Waals surface area contributed by atoms with Gasteiger partial charge in [0.2, 0.25) is 0 Å². The number of nitrogens with zero attached hydrogens (tertiary/aromatic N) is 4. The van der Waals surface area contributed by atoms with E-state index in [1.54, 1.807) is 0 Å². The van der Waals surface area contributed by atoms with Crippen LogP contribution in [0.5, 0.6) is 0 Å². The van der Waals surface area contributed by atoms with Crippen LogP contribution >= 0.6 is 12.4 Å². The first kappa shape index (κ1) is 15.3. The summed E-state index contributed by atoms with van der Waals surface area (Å²) in [5.41, 5.74) is 9.89. The van der Waals surface area contributed by atoms with Gasteiger partial charge in [0.05, 0.1) is 5.39 Å². The molecule has 0 spiro atoms. The molecule has 0 saturated heterocycles. The van der Waals surface area contributed by atoms with Crippen molar-refractivity contribution in [2.75, 3.05) is 5.73 Å². The van der Waals surface area contributed by atoms with Gasteiger partial charge in [0, 0.05) is 11.6 Å². The van der Waals surface area contributed by atoms with Crippen molar-refractivity contribution in [1.29, 1.82) is 0 Å². The van der Waals surface area contributed by atoms with Crippen molar-refractivity contribution in [3.05, 3.63) is 36.2 Å². The van der Waals surface area contributed by atoms with E-state index in [2.05, 4.69) is 42.9 Å². The molecule has 0 bridgehead atoms. The highest BCUT2D eigenvalue weighted by molar-refractivity contribution is 5.98. The molecule has 3 aromatic rings. The number of aryl methyl sites for hydroxylation is 1. The Hall–Kier alpha value is -2.14. The molecule has 2 heterocycles. The van der Waals surface area contributed by atoms with Crippen molar-refractivity contribution in [2.45, 2.75) is 26.8 Å². The molecular formula is C15H18ClN5. The zero-order chi connectivity index (χ0) is 14.3. The normalized spacial score (nSPS) is 10.9. The SMILES string of the molecule is Cc1cccc(-c2nn(C(C)C)c3ncnc(N)c23)c1.Cl. The number of halogens is 1. The van der Waals surface area contributed by atoms with Gasteiger partial charge in [-0.15, -0.1) is 12.4 Å². The van der Waals surface area contributed by atoms with Crippen LogP contribution in [-0.4, -0.2) is 19.7 Å². The summed E-state index contributed by atoms with van der Waals surface area (Å²) in [6.45, 7) is 6.21. The van der Waals surface area contributed by atoms with E-state index >= 15 is 0 Å². The van der Waals surface area contributed by atoms with E-state index in [4.69, 9.17) is 10.8 Å². The monoisotopic (exact) mass is 303 g/mol. The van der Waals surface area contributed by atoms with Crippen LogP contribution in [0, 0.1) is 6.92 Å². The number of hydrogen-bond acceptors (Lipinski definition) is 4. The lowest BCUT2D eigenvalue weighted by molar-refractivity contribution is 0.548. The third kappa shape index (κ3) is 2.56. The van der Waals surface area contributed by atoms with Gasteiger partial charge < -0.3 is 5.73 Å². The zero-order valence-corrected chi connectivity index (χ0v) is 13.1. The molecule has 3 rings (SSSR count). The summed E-state index contributed by atoms with van der Waals surface area (Å²) >= 11 is 0. The predicted octanol–water partition coefficient (Wildman–Crippen LogP) is 3.39. The maximum absolute atomic E-state index is 6.04. The molecule has 21 heavy (non-hydrogen) atoms. The first-order valence-corrected chi connectivity index (χ1v) is 6.63. The number of benzene rings is 1. The van der Waals surface area contributed by atoms with E-state index in [-0.39, 0.29) is 18.4 Å². The van der Waals surface area contributed by atoms with Crippen LogP contribution in [0.4, 0.5) is 5.82 Å². The first-order valence-electron chi connectivity index (χ1n) is 6.63. The van der Waals surface area contributed by atoms with Crippen LogP contribution in [0.2, 0.25) is 0 Å². The van der Waals surface area contributed by atoms with Crippen LogP contribution in [0.15, 0.2) is 30.6 Å². The molecule has 5 nitrogen and oxygen atoms in total. The Morgan fingerprint density at radius 2 is 1.95 bits per heavy atom. The van der Waals surface area contributed by atoms with Gasteiger partial charge in [0.25, 0.3) is 0 Å². The van der Waals surface area contributed by atoms with E-state index in [0.29, 0.717) is 5.82 Å². The molecule has 0 unspecified atom stereocenters. The summed E-state index contributed by atoms with van der Waals surface area (Å²) in [5.74, 6) is 0.471. The van der Waals surface area contributed by atoms with Crippen LogP contribution in [0.25, 0.3) is 22.3 Å². The van der Waals surface area contributed by atoms with Crippen molar-refractivity contribution >= 4 is 29.3 Å². The molecule has 2 aromatic heterocycles. The third-order valence-electron chi connectivity index (χ3n) is 3.30. The number of nitrogen functional groups attached to an aromatic ring is 1. The minimum Gasteiger partial charge on any atom is -0.383 e. The number of fused-ring (bicyclic) bond motifs is 1. The van der Waals surface area contributed by atoms with Crippen molar-refractivity contribution in [1.82, 2.24) is 19.7 Å². The van der Waals surface area contributed by atoms with Gasteiger partial charge in [0.15, 0.2) is 5.65 Å². The summed E-state index contributed by atoms with van der Waals surface area (Å²) in [4.78, 5) is 8.44. The maximum atomic E-state index is 6.04. The van der Waals surface area contributed by atoms with Crippen LogP contribution < -0.4 is 5.73 Å². The van der Waals surface area contributed by atoms with Crippen molar-refractivity contribution < 1.29 is 0 Å². The number of hydrogen-bond donors (Lipinski definition) is 1. The minimum absolute atomic E-state index is 0. The lowest BCUT2D eigenvalue weighted by Crippen LogP contribution is -2.04. The molecule has 0 saturated carbocycles. The summed E-state index contributed by atoms with van der Waals surface area (Å²) in [5, 5.41) is 5.52. The van der Waals surface area contributed by atoms with Crippen LogP contribution in [0.3, 0.4) is 0 Å². The fourth-order valence-corrected chi connectivity index (χ4v) is 2.35. The molecule has 6 heteroatoms. The molecule has 110 valence electrons. The second-order valence-electron chi connectivity index (χ2n) is 5.21. The van der Waals surface area contributed by atoms with Crippen LogP contribution in [0.1, 0.15) is 25.5 Å². The average Bonchev–Trinajstić information content (AvgIpc) is 2.80. The second-order valence-corrected chi connectivity index (χ2v) is 5.21. The highest BCUT2D eigenvalue weighted by atomic mass is 35.5. The van der Waals surface area contributed by atoms with Crippen molar-refractivity contribution in [3.8, 4) is 11.3 Å². The van der Waals surface area contributed by atoms with Crippen LogP contribution in [-0.2, 0) is 0 Å². The van der Waals surface area contributed by atoms with E-state index in [1.807, 2.05) is 16.8 Å². The molecule has 1 aromatic carbocycles. The van der Waals surface area contributed by atoms with Gasteiger partial charge in [-0.2, -0.15) is 5.10 Å². The molecule has 2 N–H and O–H groups in total. The van der Waals surface area contributed by atoms with Crippen molar-refractivity contribution in [3.63, 3.8) is 0 Å². The smallest absolute Gasteiger partial charge is 0.164 e. The number of aromatic nitrogens is 4. The lowest BCUT2D eigenvalue weighted by atomic mass is 10.1. The van der Waals surface area contributed by atoms with Crippen molar-refractivity contribution in [2.24, 2.45) is 0 Å². The van der Waals surface area contributed by atoms with Gasteiger partial charge in [-0.25, -0.2) is 14.6 Å². The molecule has 0 aliphatic carbocycles. The highest BCUT2D eigenvalue weighted by Crippen LogP contribution is 2.31. The van der Waals surface area contributed by atoms with E-state index in [9.17, 15) is 0 Å². The van der Waals surface area contributed by atoms with Gasteiger partial charge in [-0.3, -0.25) is 0 Å². The molecule has 0 radical (unpaired) electrons. The van der Waals surface area contributed by atoms with E-state index in [1.165, 1.54) is 11.9 Å². The van der Waals surface area contributed by atoms with Gasteiger partial charge >= 0.3 is 0 Å². The fraction of sp³-hybridized carbons (Fsp3) is 0.267. The minimum atomic E-state index is 0. The van der Waals surface area contributed by atoms with E-state index in [0.717, 1.165) is 22.3 Å². The van der Waals surface area contributed by atoms with Gasteiger partial charge in [0.1, 0.15) is 17.8 Å². The summed E-state index contributed by atoms with van der Waals surface area (Å²) in [6.07, 6.45) is 1.48. The third-order valence-corrected chi connectivity index (χ3v) is 3.30. The Labute approximate surface area is 129 Å². The molecule has 0 aliphatic rings. The molecular weight excluding hydrogens is 286 g/mol. The summed E-state index contributed by atoms with van der Waals surface area (Å²) in [7, 11) is 0. The fourth-order valence-electron chi connectivity index (χ4n) is 2.35. The predicted molar refractivity (Wildman–Crippen MR) is 87.5 cm³/mol. The Morgan fingerprint density at radius 3 is 2.62 bits per heavy atom. The largest absolute Gasteiger partial charge is 0.383 e. The zero-order valence-electron chi connectivity index (χ0n) is 12.2. The number of nitrogens with two attached hydrogens (primary N) is 1. The quantitative estimate of drug-likeness (QED) is 0.788. The highest BCUT2D eigenvalue weighted by Gasteiger charge is 2.18. The Morgan fingerprint density at radius 1 is 1.19 bits per heavy atom. The summed E-state index contributed by atoms with van der Waals surface area (Å²) in [6, 6.07) is 8.42. The maximum Gasteiger partial charge on any atom is 0.164 e. The molecule has 0 fully saturated rings. The molecule has 0 atom stereocenters. The second kappa shape index (κ2) is 5.69. The Balaban J connectivity index is 0.00000161. The number of anilines is 1. The molecule has 0 aliphatic heterocycles. The average molecular weight is 304 g/mol. The lowest BCUT2D eigenvalue weighted by Gasteiger charge is -2.05. The summed E-state index contributed by atoms with van der Waals surface area (Å²) < 4.78 is 1.89. The van der Waals surface area contributed by atoms with Gasteiger partial charge in [-0.05, 0) is 26.8 Å². The number of rotatable bonds is 2.